The van der Waals surface area contributed by atoms with E-state index in [-0.39, 0.29) is 5.76 Å². The number of carbonyl (C=O) groups excluding carboxylic acids is 2. The molecule has 1 unspecified atom stereocenters. The average molecular weight is 349 g/mol. The van der Waals surface area contributed by atoms with Gasteiger partial charge >= 0.3 is 5.97 Å². The lowest BCUT2D eigenvalue weighted by atomic mass is 10.1. The molecule has 3 rings (SSSR count). The molecular weight excluding hydrogens is 330 g/mol. The zero-order chi connectivity index (χ0) is 18.4. The Hall–Kier alpha value is -3.34. The summed E-state index contributed by atoms with van der Waals surface area (Å²) in [6.07, 6.45) is 1.73. The molecule has 0 spiro atoms. The third-order valence-corrected chi connectivity index (χ3v) is 3.86. The van der Waals surface area contributed by atoms with Gasteiger partial charge in [0.1, 0.15) is 11.8 Å². The van der Waals surface area contributed by atoms with Crippen LogP contribution in [0.4, 0.5) is 0 Å². The smallest absolute Gasteiger partial charge is 0.334 e. The van der Waals surface area contributed by atoms with Crippen LogP contribution in [0.2, 0.25) is 0 Å². The minimum absolute atomic E-state index is 0.145. The number of esters is 1. The van der Waals surface area contributed by atoms with Gasteiger partial charge in [-0.05, 0) is 36.8 Å². The molecular formula is C21H19NO4. The molecule has 5 nitrogen and oxygen atoms in total. The second kappa shape index (κ2) is 8.16. The van der Waals surface area contributed by atoms with Crippen LogP contribution in [0.25, 0.3) is 0 Å². The Labute approximate surface area is 151 Å². The molecule has 3 aromatic rings. The normalized spacial score (nSPS) is 11.6. The van der Waals surface area contributed by atoms with E-state index >= 15 is 0 Å². The molecule has 5 heteroatoms. The Morgan fingerprint density at radius 1 is 1.00 bits per heavy atom. The van der Waals surface area contributed by atoms with Gasteiger partial charge in [0.15, 0.2) is 5.76 Å². The zero-order valence-corrected chi connectivity index (χ0v) is 14.3. The Balaban J connectivity index is 1.75. The van der Waals surface area contributed by atoms with Gasteiger partial charge in [-0.2, -0.15) is 0 Å². The number of carbonyl (C=O) groups is 2. The van der Waals surface area contributed by atoms with E-state index < -0.39 is 17.9 Å². The molecule has 1 aromatic heterocycles. The van der Waals surface area contributed by atoms with E-state index in [0.29, 0.717) is 12.2 Å². The Kier molecular flexibility index (Phi) is 5.49. The molecule has 0 radical (unpaired) electrons. The van der Waals surface area contributed by atoms with Gasteiger partial charge < -0.3 is 14.5 Å². The van der Waals surface area contributed by atoms with E-state index in [1.165, 1.54) is 6.26 Å². The maximum Gasteiger partial charge on any atom is 0.334 e. The van der Waals surface area contributed by atoms with Crippen molar-refractivity contribution in [2.45, 2.75) is 19.4 Å². The molecule has 0 saturated carbocycles. The Morgan fingerprint density at radius 2 is 1.73 bits per heavy atom. The summed E-state index contributed by atoms with van der Waals surface area (Å²) in [5.41, 5.74) is 1.98. The third kappa shape index (κ3) is 4.60. The summed E-state index contributed by atoms with van der Waals surface area (Å²) in [7, 11) is 0. The maximum absolute atomic E-state index is 12.6. The molecule has 2 aromatic carbocycles. The Bertz CT molecular complexity index is 855. The molecule has 132 valence electrons. The number of hydrogen-bond donors (Lipinski definition) is 1. The number of furan rings is 1. The van der Waals surface area contributed by atoms with Crippen LogP contribution in [-0.4, -0.2) is 17.9 Å². The fourth-order valence-electron chi connectivity index (χ4n) is 2.47. The van der Waals surface area contributed by atoms with Crippen molar-refractivity contribution in [2.24, 2.45) is 0 Å². The molecule has 0 aliphatic rings. The molecule has 0 bridgehead atoms. The first kappa shape index (κ1) is 17.5. The summed E-state index contributed by atoms with van der Waals surface area (Å²) >= 11 is 0. The van der Waals surface area contributed by atoms with Crippen molar-refractivity contribution in [2.75, 3.05) is 0 Å². The summed E-state index contributed by atoms with van der Waals surface area (Å²) in [6, 6.07) is 18.9. The summed E-state index contributed by atoms with van der Waals surface area (Å²) in [5, 5.41) is 2.69. The number of amides is 1. The lowest BCUT2D eigenvalue weighted by molar-refractivity contribution is -0.136. The van der Waals surface area contributed by atoms with Gasteiger partial charge in [0.05, 0.1) is 6.26 Å². The van der Waals surface area contributed by atoms with E-state index in [1.807, 2.05) is 49.4 Å². The average Bonchev–Trinajstić information content (AvgIpc) is 3.19. The molecule has 0 saturated heterocycles. The van der Waals surface area contributed by atoms with E-state index in [9.17, 15) is 9.59 Å². The van der Waals surface area contributed by atoms with Gasteiger partial charge in [-0.3, -0.25) is 4.79 Å². The van der Waals surface area contributed by atoms with Crippen molar-refractivity contribution < 1.29 is 18.7 Å². The van der Waals surface area contributed by atoms with Crippen molar-refractivity contribution in [1.29, 1.82) is 0 Å². The van der Waals surface area contributed by atoms with E-state index in [4.69, 9.17) is 9.15 Å². The number of aryl methyl sites for hydroxylation is 1. The third-order valence-electron chi connectivity index (χ3n) is 3.86. The van der Waals surface area contributed by atoms with Gasteiger partial charge in [-0.25, -0.2) is 4.79 Å². The van der Waals surface area contributed by atoms with Crippen LogP contribution < -0.4 is 10.1 Å². The number of rotatable bonds is 6. The van der Waals surface area contributed by atoms with Crippen LogP contribution >= 0.6 is 0 Å². The topological polar surface area (TPSA) is 68.5 Å². The monoisotopic (exact) mass is 349 g/mol. The second-order valence-corrected chi connectivity index (χ2v) is 5.93. The van der Waals surface area contributed by atoms with Gasteiger partial charge in [-0.15, -0.1) is 0 Å². The van der Waals surface area contributed by atoms with E-state index in [1.54, 1.807) is 24.3 Å². The van der Waals surface area contributed by atoms with E-state index in [0.717, 1.165) is 11.1 Å². The van der Waals surface area contributed by atoms with Crippen LogP contribution in [0.1, 0.15) is 21.7 Å². The zero-order valence-electron chi connectivity index (χ0n) is 14.3. The van der Waals surface area contributed by atoms with Crippen LogP contribution in [-0.2, 0) is 11.2 Å². The first-order chi connectivity index (χ1) is 12.6. The summed E-state index contributed by atoms with van der Waals surface area (Å²) < 4.78 is 10.5. The van der Waals surface area contributed by atoms with Crippen molar-refractivity contribution in [1.82, 2.24) is 5.32 Å². The minimum atomic E-state index is -0.837. The first-order valence-corrected chi connectivity index (χ1v) is 8.28. The molecule has 0 aliphatic heterocycles. The predicted octanol–water partition coefficient (Wildman–Crippen LogP) is 3.53. The SMILES string of the molecule is Cc1ccc(OC(=O)C(Cc2ccccc2)NC(=O)c2ccco2)cc1. The molecule has 1 heterocycles. The first-order valence-electron chi connectivity index (χ1n) is 8.28. The predicted molar refractivity (Wildman–Crippen MR) is 96.9 cm³/mol. The van der Waals surface area contributed by atoms with Crippen molar-refractivity contribution in [3.8, 4) is 5.75 Å². The van der Waals surface area contributed by atoms with Gasteiger partial charge in [0, 0.05) is 6.42 Å². The van der Waals surface area contributed by atoms with Crippen LogP contribution in [0.3, 0.4) is 0 Å². The van der Waals surface area contributed by atoms with Crippen molar-refractivity contribution in [3.63, 3.8) is 0 Å². The molecule has 1 amide bonds. The van der Waals surface area contributed by atoms with E-state index in [2.05, 4.69) is 5.32 Å². The fourth-order valence-corrected chi connectivity index (χ4v) is 2.47. The quantitative estimate of drug-likeness (QED) is 0.546. The molecule has 26 heavy (non-hydrogen) atoms. The van der Waals surface area contributed by atoms with Gasteiger partial charge in [-0.1, -0.05) is 48.0 Å². The summed E-state index contributed by atoms with van der Waals surface area (Å²) in [5.74, 6) is -0.411. The highest BCUT2D eigenvalue weighted by Crippen LogP contribution is 2.14. The van der Waals surface area contributed by atoms with Crippen molar-refractivity contribution in [3.05, 3.63) is 89.9 Å². The molecule has 0 fully saturated rings. The van der Waals surface area contributed by atoms with Gasteiger partial charge in [0.25, 0.3) is 5.91 Å². The molecule has 1 N–H and O–H groups in total. The highest BCUT2D eigenvalue weighted by molar-refractivity contribution is 5.94. The number of benzene rings is 2. The maximum atomic E-state index is 12.6. The lowest BCUT2D eigenvalue weighted by Gasteiger charge is -2.17. The standard InChI is InChI=1S/C21H19NO4/c1-15-9-11-17(12-10-15)26-21(24)18(14-16-6-3-2-4-7-16)22-20(23)19-8-5-13-25-19/h2-13,18H,14H2,1H3,(H,22,23). The molecule has 0 aliphatic carbocycles. The fraction of sp³-hybridized carbons (Fsp3) is 0.143. The second-order valence-electron chi connectivity index (χ2n) is 5.93. The lowest BCUT2D eigenvalue weighted by Crippen LogP contribution is -2.44. The number of nitrogens with one attached hydrogen (secondary N) is 1. The van der Waals surface area contributed by atoms with Crippen LogP contribution in [0.15, 0.2) is 77.4 Å². The summed E-state index contributed by atoms with van der Waals surface area (Å²) in [4.78, 5) is 24.9. The number of hydrogen-bond acceptors (Lipinski definition) is 4. The van der Waals surface area contributed by atoms with Gasteiger partial charge in [0.2, 0.25) is 0 Å². The van der Waals surface area contributed by atoms with Crippen LogP contribution in [0, 0.1) is 6.92 Å². The highest BCUT2D eigenvalue weighted by Gasteiger charge is 2.25. The number of ether oxygens (including phenoxy) is 1. The Morgan fingerprint density at radius 3 is 2.38 bits per heavy atom. The summed E-state index contributed by atoms with van der Waals surface area (Å²) in [6.45, 7) is 1.95. The van der Waals surface area contributed by atoms with Crippen LogP contribution in [0.5, 0.6) is 5.75 Å². The van der Waals surface area contributed by atoms with Crippen molar-refractivity contribution >= 4 is 11.9 Å². The highest BCUT2D eigenvalue weighted by atomic mass is 16.5. The minimum Gasteiger partial charge on any atom is -0.459 e. The largest absolute Gasteiger partial charge is 0.459 e. The molecule has 1 atom stereocenters.